The third-order valence-corrected chi connectivity index (χ3v) is 2.56. The second-order valence-electron chi connectivity index (χ2n) is 4.16. The highest BCUT2D eigenvalue weighted by atomic mass is 16.3. The molecule has 2 aromatic rings. The van der Waals surface area contributed by atoms with Gasteiger partial charge in [0, 0.05) is 17.5 Å². The smallest absolute Gasteiger partial charge is 0.255 e. The number of nitrogens with zero attached hydrogens (tertiary/aromatic N) is 1. The van der Waals surface area contributed by atoms with Crippen molar-refractivity contribution in [2.45, 2.75) is 13.8 Å². The van der Waals surface area contributed by atoms with Gasteiger partial charge in [0.15, 0.2) is 0 Å². The van der Waals surface area contributed by atoms with Crippen LogP contribution in [0.15, 0.2) is 36.5 Å². The molecule has 2 rings (SSSR count). The zero-order valence-electron chi connectivity index (χ0n) is 10.3. The van der Waals surface area contributed by atoms with E-state index < -0.39 is 0 Å². The Kier molecular flexibility index (Phi) is 3.28. The summed E-state index contributed by atoms with van der Waals surface area (Å²) in [6, 6.07) is 8.39. The third-order valence-electron chi connectivity index (χ3n) is 2.56. The van der Waals surface area contributed by atoms with Crippen LogP contribution >= 0.6 is 0 Å². The summed E-state index contributed by atoms with van der Waals surface area (Å²) < 4.78 is 0. The summed E-state index contributed by atoms with van der Waals surface area (Å²) in [5.41, 5.74) is 2.67. The number of carbonyl (C=O) groups excluding carboxylic acids is 1. The van der Waals surface area contributed by atoms with E-state index in [0.29, 0.717) is 11.3 Å². The summed E-state index contributed by atoms with van der Waals surface area (Å²) in [5.74, 6) is -0.207. The number of nitrogens with one attached hydrogen (secondary N) is 1. The van der Waals surface area contributed by atoms with Gasteiger partial charge in [0.1, 0.15) is 5.75 Å². The predicted octanol–water partition coefficient (Wildman–Crippen LogP) is 2.66. The normalized spacial score (nSPS) is 10.1. The molecule has 4 nitrogen and oxygen atoms in total. The van der Waals surface area contributed by atoms with E-state index in [1.54, 1.807) is 36.5 Å². The highest BCUT2D eigenvalue weighted by molar-refractivity contribution is 6.05. The molecule has 0 spiro atoms. The van der Waals surface area contributed by atoms with E-state index in [9.17, 15) is 9.90 Å². The van der Waals surface area contributed by atoms with Crippen molar-refractivity contribution in [3.8, 4) is 5.75 Å². The first kappa shape index (κ1) is 12.1. The maximum absolute atomic E-state index is 12.0. The second kappa shape index (κ2) is 4.87. The number of phenols is 1. The number of hydrogen-bond acceptors (Lipinski definition) is 3. The summed E-state index contributed by atoms with van der Waals surface area (Å²) >= 11 is 0. The Balaban J connectivity index is 2.24. The van der Waals surface area contributed by atoms with Crippen LogP contribution in [-0.4, -0.2) is 16.0 Å². The fourth-order valence-electron chi connectivity index (χ4n) is 1.63. The first-order valence-electron chi connectivity index (χ1n) is 5.60. The molecule has 92 valence electrons. The van der Waals surface area contributed by atoms with Crippen molar-refractivity contribution in [2.75, 3.05) is 5.32 Å². The topological polar surface area (TPSA) is 62.2 Å². The highest BCUT2D eigenvalue weighted by Crippen LogP contribution is 2.24. The van der Waals surface area contributed by atoms with E-state index in [4.69, 9.17) is 0 Å². The van der Waals surface area contributed by atoms with E-state index in [1.807, 2.05) is 13.8 Å². The van der Waals surface area contributed by atoms with E-state index in [1.165, 1.54) is 0 Å². The molecule has 4 heteroatoms. The molecule has 1 amide bonds. The van der Waals surface area contributed by atoms with E-state index in [2.05, 4.69) is 10.3 Å². The molecule has 0 bridgehead atoms. The van der Waals surface area contributed by atoms with Crippen molar-refractivity contribution in [1.29, 1.82) is 0 Å². The average molecular weight is 242 g/mol. The minimum atomic E-state index is -0.263. The molecule has 0 aliphatic carbocycles. The van der Waals surface area contributed by atoms with Crippen LogP contribution in [0.25, 0.3) is 0 Å². The number of aromatic hydroxyl groups is 1. The number of hydrogen-bond donors (Lipinski definition) is 2. The quantitative estimate of drug-likeness (QED) is 0.796. The summed E-state index contributed by atoms with van der Waals surface area (Å²) in [7, 11) is 0. The van der Waals surface area contributed by atoms with Gasteiger partial charge in [-0.3, -0.25) is 9.78 Å². The number of aromatic nitrogens is 1. The standard InChI is InChI=1S/C14H14N2O2/c1-9-3-4-13(17)12(7-9)16-14(18)11-5-6-15-10(2)8-11/h3-8,17H,1-2H3,(H,16,18). The Bertz CT molecular complexity index is 594. The van der Waals surface area contributed by atoms with Crippen molar-refractivity contribution >= 4 is 11.6 Å². The van der Waals surface area contributed by atoms with Crippen LogP contribution in [0.1, 0.15) is 21.6 Å². The Labute approximate surface area is 105 Å². The number of pyridine rings is 1. The van der Waals surface area contributed by atoms with E-state index >= 15 is 0 Å². The lowest BCUT2D eigenvalue weighted by molar-refractivity contribution is 0.102. The maximum Gasteiger partial charge on any atom is 0.255 e. The molecule has 0 saturated carbocycles. The summed E-state index contributed by atoms with van der Waals surface area (Å²) in [5, 5.41) is 12.3. The molecular formula is C14H14N2O2. The zero-order chi connectivity index (χ0) is 13.1. The Morgan fingerprint density at radius 1 is 1.22 bits per heavy atom. The summed E-state index contributed by atoms with van der Waals surface area (Å²) in [6.45, 7) is 3.71. The second-order valence-corrected chi connectivity index (χ2v) is 4.16. The number of amides is 1. The van der Waals surface area contributed by atoms with Crippen molar-refractivity contribution in [3.05, 3.63) is 53.3 Å². The van der Waals surface area contributed by atoms with Crippen LogP contribution in [0.2, 0.25) is 0 Å². The summed E-state index contributed by atoms with van der Waals surface area (Å²) in [6.07, 6.45) is 1.58. The fraction of sp³-hybridized carbons (Fsp3) is 0.143. The van der Waals surface area contributed by atoms with Crippen LogP contribution in [0.3, 0.4) is 0 Å². The summed E-state index contributed by atoms with van der Waals surface area (Å²) in [4.78, 5) is 16.0. The van der Waals surface area contributed by atoms with Gasteiger partial charge in [-0.2, -0.15) is 0 Å². The van der Waals surface area contributed by atoms with Gasteiger partial charge < -0.3 is 10.4 Å². The number of rotatable bonds is 2. The number of phenolic OH excluding ortho intramolecular Hbond substituents is 1. The molecule has 1 aromatic heterocycles. The van der Waals surface area contributed by atoms with Gasteiger partial charge in [0.05, 0.1) is 5.69 Å². The third kappa shape index (κ3) is 2.66. The molecule has 18 heavy (non-hydrogen) atoms. The van der Waals surface area contributed by atoms with Crippen molar-refractivity contribution in [1.82, 2.24) is 4.98 Å². The zero-order valence-corrected chi connectivity index (χ0v) is 10.3. The average Bonchev–Trinajstić information content (AvgIpc) is 2.34. The van der Waals surface area contributed by atoms with Gasteiger partial charge >= 0.3 is 0 Å². The maximum atomic E-state index is 12.0. The number of anilines is 1. The largest absolute Gasteiger partial charge is 0.506 e. The molecule has 0 fully saturated rings. The first-order chi connectivity index (χ1) is 8.56. The highest BCUT2D eigenvalue weighted by Gasteiger charge is 2.09. The molecule has 0 radical (unpaired) electrons. The Morgan fingerprint density at radius 3 is 2.72 bits per heavy atom. The fourth-order valence-corrected chi connectivity index (χ4v) is 1.63. The molecule has 1 heterocycles. The van der Waals surface area contributed by atoms with Gasteiger partial charge in [-0.1, -0.05) is 6.07 Å². The van der Waals surface area contributed by atoms with Crippen LogP contribution in [0.5, 0.6) is 5.75 Å². The lowest BCUT2D eigenvalue weighted by atomic mass is 10.2. The van der Waals surface area contributed by atoms with Gasteiger partial charge in [-0.25, -0.2) is 0 Å². The molecular weight excluding hydrogens is 228 g/mol. The molecule has 0 saturated heterocycles. The van der Waals surface area contributed by atoms with Crippen molar-refractivity contribution < 1.29 is 9.90 Å². The lowest BCUT2D eigenvalue weighted by Gasteiger charge is -2.08. The monoisotopic (exact) mass is 242 g/mol. The molecule has 0 aliphatic rings. The van der Waals surface area contributed by atoms with E-state index in [-0.39, 0.29) is 11.7 Å². The van der Waals surface area contributed by atoms with Crippen LogP contribution in [-0.2, 0) is 0 Å². The van der Waals surface area contributed by atoms with Gasteiger partial charge in [0.2, 0.25) is 0 Å². The minimum Gasteiger partial charge on any atom is -0.506 e. The predicted molar refractivity (Wildman–Crippen MR) is 69.8 cm³/mol. The van der Waals surface area contributed by atoms with Crippen LogP contribution in [0, 0.1) is 13.8 Å². The van der Waals surface area contributed by atoms with Crippen molar-refractivity contribution in [2.24, 2.45) is 0 Å². The number of benzene rings is 1. The minimum absolute atomic E-state index is 0.0553. The van der Waals surface area contributed by atoms with Gasteiger partial charge in [0.25, 0.3) is 5.91 Å². The SMILES string of the molecule is Cc1ccc(O)c(NC(=O)c2ccnc(C)c2)c1. The Morgan fingerprint density at radius 2 is 2.00 bits per heavy atom. The molecule has 0 unspecified atom stereocenters. The number of aryl methyl sites for hydroxylation is 2. The van der Waals surface area contributed by atoms with Crippen LogP contribution in [0.4, 0.5) is 5.69 Å². The van der Waals surface area contributed by atoms with Gasteiger partial charge in [-0.15, -0.1) is 0 Å². The molecule has 1 aromatic carbocycles. The van der Waals surface area contributed by atoms with E-state index in [0.717, 1.165) is 11.3 Å². The molecule has 0 aliphatic heterocycles. The Hall–Kier alpha value is -2.36. The van der Waals surface area contributed by atoms with Crippen LogP contribution < -0.4 is 5.32 Å². The van der Waals surface area contributed by atoms with Crippen molar-refractivity contribution in [3.63, 3.8) is 0 Å². The first-order valence-corrected chi connectivity index (χ1v) is 5.60. The number of carbonyl (C=O) groups is 1. The lowest BCUT2D eigenvalue weighted by Crippen LogP contribution is -2.12. The van der Waals surface area contributed by atoms with Gasteiger partial charge in [-0.05, 0) is 43.7 Å². The molecule has 2 N–H and O–H groups in total. The molecule has 0 atom stereocenters.